The van der Waals surface area contributed by atoms with Gasteiger partial charge in [0.25, 0.3) is 0 Å². The van der Waals surface area contributed by atoms with Gasteiger partial charge >= 0.3 is 0 Å². The van der Waals surface area contributed by atoms with Crippen molar-refractivity contribution in [2.45, 2.75) is 26.3 Å². The summed E-state index contributed by atoms with van der Waals surface area (Å²) in [6.07, 6.45) is 1.54. The van der Waals surface area contributed by atoms with Gasteiger partial charge in [0.1, 0.15) is 11.6 Å². The van der Waals surface area contributed by atoms with E-state index in [9.17, 15) is 9.18 Å². The Balaban J connectivity index is 2.12. The second-order valence-electron chi connectivity index (χ2n) is 4.55. The van der Waals surface area contributed by atoms with Crippen LogP contribution in [-0.2, 0) is 11.3 Å². The highest BCUT2D eigenvalue weighted by molar-refractivity contribution is 6.31. The molecule has 2 rings (SSSR count). The molecule has 0 unspecified atom stereocenters. The molecule has 1 aliphatic rings. The number of halogens is 2. The van der Waals surface area contributed by atoms with Crippen LogP contribution in [0, 0.1) is 12.7 Å². The minimum atomic E-state index is -0.243. The van der Waals surface area contributed by atoms with E-state index in [2.05, 4.69) is 0 Å². The van der Waals surface area contributed by atoms with Crippen molar-refractivity contribution in [3.63, 3.8) is 0 Å². The second-order valence-corrected chi connectivity index (χ2v) is 4.95. The zero-order valence-electron chi connectivity index (χ0n) is 9.80. The third kappa shape index (κ3) is 3.05. The lowest BCUT2D eigenvalue weighted by Gasteiger charge is -2.26. The number of hydrogen-bond acceptors (Lipinski definition) is 2. The summed E-state index contributed by atoms with van der Waals surface area (Å²) in [6, 6.07) is 3.11. The Morgan fingerprint density at radius 3 is 2.94 bits per heavy atom. The van der Waals surface area contributed by atoms with Gasteiger partial charge in [-0.15, -0.1) is 0 Å². The van der Waals surface area contributed by atoms with Crippen LogP contribution in [0.5, 0.6) is 0 Å². The van der Waals surface area contributed by atoms with Crippen molar-refractivity contribution in [2.75, 3.05) is 13.1 Å². The molecule has 1 aromatic carbocycles. The van der Waals surface area contributed by atoms with Gasteiger partial charge in [0.15, 0.2) is 0 Å². The molecule has 17 heavy (non-hydrogen) atoms. The molecule has 4 heteroatoms. The van der Waals surface area contributed by atoms with E-state index in [0.717, 1.165) is 18.5 Å². The van der Waals surface area contributed by atoms with E-state index in [0.29, 0.717) is 30.1 Å². The summed E-state index contributed by atoms with van der Waals surface area (Å²) in [5, 5.41) is 0.571. The van der Waals surface area contributed by atoms with Crippen LogP contribution >= 0.6 is 11.6 Å². The molecule has 0 radical (unpaired) electrons. The van der Waals surface area contributed by atoms with E-state index in [1.807, 2.05) is 4.90 Å². The number of ketones is 1. The summed E-state index contributed by atoms with van der Waals surface area (Å²) >= 11 is 6.08. The lowest BCUT2D eigenvalue weighted by atomic mass is 10.1. The molecule has 0 atom stereocenters. The highest BCUT2D eigenvalue weighted by Crippen LogP contribution is 2.22. The molecule has 1 aliphatic heterocycles. The largest absolute Gasteiger partial charge is 0.298 e. The van der Waals surface area contributed by atoms with E-state index < -0.39 is 0 Å². The summed E-state index contributed by atoms with van der Waals surface area (Å²) in [6.45, 7) is 3.56. The predicted molar refractivity (Wildman–Crippen MR) is 65.7 cm³/mol. The van der Waals surface area contributed by atoms with Gasteiger partial charge in [0, 0.05) is 18.0 Å². The lowest BCUT2D eigenvalue weighted by molar-refractivity contribution is -0.122. The van der Waals surface area contributed by atoms with Crippen LogP contribution in [0.3, 0.4) is 0 Å². The molecule has 0 saturated carbocycles. The molecule has 0 aromatic heterocycles. The van der Waals surface area contributed by atoms with E-state index >= 15 is 0 Å². The van der Waals surface area contributed by atoms with E-state index in [4.69, 9.17) is 11.6 Å². The van der Waals surface area contributed by atoms with Crippen molar-refractivity contribution < 1.29 is 9.18 Å². The van der Waals surface area contributed by atoms with Crippen molar-refractivity contribution in [1.29, 1.82) is 0 Å². The number of likely N-dealkylation sites (tertiary alicyclic amines) is 1. The second kappa shape index (κ2) is 5.15. The standard InChI is InChI=1S/C13H15ClFNO/c1-9-5-12(14)10(6-13(9)15)7-16-4-2-3-11(17)8-16/h5-6H,2-4,7-8H2,1H3. The Bertz CT molecular complexity index is 447. The predicted octanol–water partition coefficient (Wildman–Crippen LogP) is 2.95. The van der Waals surface area contributed by atoms with Gasteiger partial charge in [-0.1, -0.05) is 11.6 Å². The zero-order valence-corrected chi connectivity index (χ0v) is 10.6. The van der Waals surface area contributed by atoms with Crippen molar-refractivity contribution >= 4 is 17.4 Å². The summed E-state index contributed by atoms with van der Waals surface area (Å²) in [5.74, 6) is 0.00712. The van der Waals surface area contributed by atoms with Gasteiger partial charge < -0.3 is 0 Å². The summed E-state index contributed by atoms with van der Waals surface area (Å²) < 4.78 is 13.4. The minimum Gasteiger partial charge on any atom is -0.298 e. The number of carbonyl (C=O) groups is 1. The molecule has 1 heterocycles. The molecule has 1 fully saturated rings. The lowest BCUT2D eigenvalue weighted by Crippen LogP contribution is -2.35. The number of aryl methyl sites for hydroxylation is 1. The molecule has 0 spiro atoms. The molecule has 1 saturated heterocycles. The fourth-order valence-corrected chi connectivity index (χ4v) is 2.37. The summed E-state index contributed by atoms with van der Waals surface area (Å²) in [4.78, 5) is 13.3. The van der Waals surface area contributed by atoms with Crippen molar-refractivity contribution in [1.82, 2.24) is 4.90 Å². The van der Waals surface area contributed by atoms with Gasteiger partial charge in [-0.2, -0.15) is 0 Å². The van der Waals surface area contributed by atoms with Crippen LogP contribution in [0.15, 0.2) is 12.1 Å². The van der Waals surface area contributed by atoms with Crippen LogP contribution < -0.4 is 0 Å². The first-order valence-electron chi connectivity index (χ1n) is 5.75. The smallest absolute Gasteiger partial charge is 0.146 e. The number of rotatable bonds is 2. The number of nitrogens with zero attached hydrogens (tertiary/aromatic N) is 1. The van der Waals surface area contributed by atoms with E-state index in [1.54, 1.807) is 13.0 Å². The SMILES string of the molecule is Cc1cc(Cl)c(CN2CCCC(=O)C2)cc1F. The van der Waals surface area contributed by atoms with Gasteiger partial charge in [-0.3, -0.25) is 9.69 Å². The first-order valence-corrected chi connectivity index (χ1v) is 6.12. The number of carbonyl (C=O) groups excluding carboxylic acids is 1. The molecule has 0 N–H and O–H groups in total. The molecule has 1 aromatic rings. The van der Waals surface area contributed by atoms with Gasteiger partial charge in [0.2, 0.25) is 0 Å². The molecule has 0 aliphatic carbocycles. The Kier molecular flexibility index (Phi) is 3.79. The van der Waals surface area contributed by atoms with Crippen LogP contribution in [0.25, 0.3) is 0 Å². The molecule has 2 nitrogen and oxygen atoms in total. The quantitative estimate of drug-likeness (QED) is 0.810. The van der Waals surface area contributed by atoms with Gasteiger partial charge in [0.05, 0.1) is 6.54 Å². The van der Waals surface area contributed by atoms with Crippen LogP contribution in [0.2, 0.25) is 5.02 Å². The maximum absolute atomic E-state index is 13.4. The monoisotopic (exact) mass is 255 g/mol. The van der Waals surface area contributed by atoms with Crippen LogP contribution in [0.4, 0.5) is 4.39 Å². The Labute approximate surface area is 105 Å². The first kappa shape index (κ1) is 12.5. The average Bonchev–Trinajstić information content (AvgIpc) is 2.26. The topological polar surface area (TPSA) is 20.3 Å². The highest BCUT2D eigenvalue weighted by Gasteiger charge is 2.18. The molecular weight excluding hydrogens is 241 g/mol. The summed E-state index contributed by atoms with van der Waals surface area (Å²) in [5.41, 5.74) is 1.30. The maximum Gasteiger partial charge on any atom is 0.146 e. The Morgan fingerprint density at radius 1 is 1.47 bits per heavy atom. The normalized spacial score (nSPS) is 17.5. The van der Waals surface area contributed by atoms with Crippen LogP contribution in [-0.4, -0.2) is 23.8 Å². The highest BCUT2D eigenvalue weighted by atomic mass is 35.5. The molecular formula is C13H15ClFNO. The van der Waals surface area contributed by atoms with E-state index in [-0.39, 0.29) is 11.6 Å². The average molecular weight is 256 g/mol. The number of piperidine rings is 1. The van der Waals surface area contributed by atoms with Crippen molar-refractivity contribution in [3.8, 4) is 0 Å². The molecule has 0 bridgehead atoms. The Morgan fingerprint density at radius 2 is 2.24 bits per heavy atom. The fraction of sp³-hybridized carbons (Fsp3) is 0.462. The van der Waals surface area contributed by atoms with Crippen LogP contribution in [0.1, 0.15) is 24.0 Å². The number of benzene rings is 1. The molecule has 92 valence electrons. The number of Topliss-reactive ketones (excluding diaryl/α,β-unsaturated/α-hetero) is 1. The van der Waals surface area contributed by atoms with Crippen molar-refractivity contribution in [2.24, 2.45) is 0 Å². The van der Waals surface area contributed by atoms with Crippen molar-refractivity contribution in [3.05, 3.63) is 34.1 Å². The fourth-order valence-electron chi connectivity index (χ4n) is 2.09. The van der Waals surface area contributed by atoms with Gasteiger partial charge in [-0.25, -0.2) is 4.39 Å². The first-order chi connectivity index (χ1) is 8.06. The Hall–Kier alpha value is -0.930. The maximum atomic E-state index is 13.4. The molecule has 0 amide bonds. The van der Waals surface area contributed by atoms with Gasteiger partial charge in [-0.05, 0) is 43.1 Å². The summed E-state index contributed by atoms with van der Waals surface area (Å²) in [7, 11) is 0. The third-order valence-corrected chi connectivity index (χ3v) is 3.40. The number of hydrogen-bond donors (Lipinski definition) is 0. The van der Waals surface area contributed by atoms with E-state index in [1.165, 1.54) is 6.07 Å². The third-order valence-electron chi connectivity index (χ3n) is 3.05. The minimum absolute atomic E-state index is 0.243. The zero-order chi connectivity index (χ0) is 12.4.